The summed E-state index contributed by atoms with van der Waals surface area (Å²) in [4.78, 5) is 22.4. The molecule has 1 atom stereocenters. The lowest BCUT2D eigenvalue weighted by molar-refractivity contribution is 0.179. The minimum atomic E-state index is -0.370. The zero-order valence-corrected chi connectivity index (χ0v) is 12.0. The van der Waals surface area contributed by atoms with E-state index >= 15 is 0 Å². The van der Waals surface area contributed by atoms with E-state index in [0.717, 1.165) is 18.4 Å². The largest absolute Gasteiger partial charge is 0.447 e. The van der Waals surface area contributed by atoms with Gasteiger partial charge in [-0.2, -0.15) is 4.98 Å². The van der Waals surface area contributed by atoms with Crippen molar-refractivity contribution in [1.29, 1.82) is 0 Å². The maximum Gasteiger partial charge on any atom is 0.416 e. The molecule has 2 aliphatic rings. The number of nitrogens with zero attached hydrogens (tertiary/aromatic N) is 3. The first-order valence-corrected chi connectivity index (χ1v) is 7.42. The zero-order chi connectivity index (χ0) is 14.9. The Kier molecular flexibility index (Phi) is 3.14. The molecule has 0 bridgehead atoms. The van der Waals surface area contributed by atoms with E-state index in [-0.39, 0.29) is 12.1 Å². The lowest BCUT2D eigenvalue weighted by Crippen LogP contribution is -2.28. The fourth-order valence-electron chi connectivity index (χ4n) is 2.56. The van der Waals surface area contributed by atoms with Gasteiger partial charge in [0.2, 0.25) is 5.95 Å². The summed E-state index contributed by atoms with van der Waals surface area (Å²) in [5.74, 6) is 1.13. The Morgan fingerprint density at radius 3 is 2.77 bits per heavy atom. The van der Waals surface area contributed by atoms with Gasteiger partial charge in [-0.05, 0) is 24.5 Å². The number of nitrogens with one attached hydrogen (secondary N) is 1. The number of anilines is 2. The van der Waals surface area contributed by atoms with Crippen molar-refractivity contribution < 1.29 is 9.53 Å². The van der Waals surface area contributed by atoms with E-state index in [4.69, 9.17) is 4.74 Å². The molecule has 0 unspecified atom stereocenters. The predicted octanol–water partition coefficient (Wildman–Crippen LogP) is 2.75. The third-order valence-electron chi connectivity index (χ3n) is 3.86. The molecule has 1 aromatic heterocycles. The number of ether oxygens (including phenoxy) is 1. The molecular weight excluding hydrogens is 280 g/mol. The summed E-state index contributed by atoms with van der Waals surface area (Å²) in [6.45, 7) is 0.332. The summed E-state index contributed by atoms with van der Waals surface area (Å²) in [5, 5.41) is 3.25. The Balaban J connectivity index is 1.65. The van der Waals surface area contributed by atoms with E-state index in [0.29, 0.717) is 24.4 Å². The fourth-order valence-corrected chi connectivity index (χ4v) is 2.56. The Labute approximate surface area is 128 Å². The second kappa shape index (κ2) is 5.29. The molecule has 1 aliphatic carbocycles. The van der Waals surface area contributed by atoms with Crippen LogP contribution in [0.5, 0.6) is 0 Å². The molecule has 1 N–H and O–H groups in total. The quantitative estimate of drug-likeness (QED) is 0.939. The molecule has 22 heavy (non-hydrogen) atoms. The molecule has 112 valence electrons. The number of hydrogen-bond donors (Lipinski definition) is 1. The second-order valence-electron chi connectivity index (χ2n) is 5.53. The number of aromatic nitrogens is 2. The topological polar surface area (TPSA) is 67.3 Å². The smallest absolute Gasteiger partial charge is 0.416 e. The number of amides is 1. The minimum Gasteiger partial charge on any atom is -0.447 e. The van der Waals surface area contributed by atoms with Gasteiger partial charge in [-0.3, -0.25) is 4.90 Å². The highest BCUT2D eigenvalue weighted by atomic mass is 16.6. The van der Waals surface area contributed by atoms with Crippen LogP contribution < -0.4 is 10.2 Å². The van der Waals surface area contributed by atoms with Crippen molar-refractivity contribution in [2.75, 3.05) is 16.8 Å². The molecule has 1 saturated heterocycles. The van der Waals surface area contributed by atoms with Gasteiger partial charge in [-0.15, -0.1) is 0 Å². The molecule has 1 aromatic carbocycles. The molecule has 6 nitrogen and oxygen atoms in total. The van der Waals surface area contributed by atoms with Gasteiger partial charge in [-0.25, -0.2) is 9.78 Å². The predicted molar refractivity (Wildman–Crippen MR) is 81.7 cm³/mol. The van der Waals surface area contributed by atoms with Crippen LogP contribution in [0.4, 0.5) is 16.6 Å². The van der Waals surface area contributed by atoms with Gasteiger partial charge >= 0.3 is 6.09 Å². The lowest BCUT2D eigenvalue weighted by Gasteiger charge is -2.21. The number of rotatable bonds is 4. The van der Waals surface area contributed by atoms with Gasteiger partial charge in [-0.1, -0.05) is 30.3 Å². The Hall–Kier alpha value is -2.63. The summed E-state index contributed by atoms with van der Waals surface area (Å²) in [6, 6.07) is 11.9. The third kappa shape index (κ3) is 2.47. The van der Waals surface area contributed by atoms with Crippen LogP contribution in [0.25, 0.3) is 0 Å². The molecule has 4 rings (SSSR count). The summed E-state index contributed by atoms with van der Waals surface area (Å²) in [5.41, 5.74) is 1.03. The molecule has 1 saturated carbocycles. The molecule has 0 spiro atoms. The van der Waals surface area contributed by atoms with Crippen LogP contribution in [0.3, 0.4) is 0 Å². The summed E-state index contributed by atoms with van der Waals surface area (Å²) < 4.78 is 5.23. The maximum absolute atomic E-state index is 12.1. The van der Waals surface area contributed by atoms with Crippen LogP contribution in [0.15, 0.2) is 42.6 Å². The highest BCUT2D eigenvalue weighted by molar-refractivity contribution is 5.89. The van der Waals surface area contributed by atoms with Crippen molar-refractivity contribution in [2.24, 2.45) is 0 Å². The Morgan fingerprint density at radius 1 is 1.18 bits per heavy atom. The van der Waals surface area contributed by atoms with Crippen molar-refractivity contribution in [3.05, 3.63) is 48.2 Å². The minimum absolute atomic E-state index is 0.155. The average molecular weight is 296 g/mol. The number of cyclic esters (lactones) is 1. The molecule has 6 heteroatoms. The van der Waals surface area contributed by atoms with Gasteiger partial charge in [0.25, 0.3) is 0 Å². The van der Waals surface area contributed by atoms with Crippen molar-refractivity contribution in [1.82, 2.24) is 9.97 Å². The first-order valence-electron chi connectivity index (χ1n) is 7.42. The lowest BCUT2D eigenvalue weighted by atomic mass is 10.1. The van der Waals surface area contributed by atoms with E-state index in [1.807, 2.05) is 30.3 Å². The van der Waals surface area contributed by atoms with Gasteiger partial charge in [0.15, 0.2) is 0 Å². The Morgan fingerprint density at radius 2 is 2.00 bits per heavy atom. The van der Waals surface area contributed by atoms with E-state index in [1.165, 1.54) is 0 Å². The van der Waals surface area contributed by atoms with Crippen LogP contribution in [0.1, 0.15) is 24.4 Å². The fraction of sp³-hybridized carbons (Fsp3) is 0.312. The van der Waals surface area contributed by atoms with Crippen LogP contribution in [0.2, 0.25) is 0 Å². The van der Waals surface area contributed by atoms with Gasteiger partial charge < -0.3 is 10.1 Å². The van der Waals surface area contributed by atoms with Crippen molar-refractivity contribution >= 4 is 17.9 Å². The van der Waals surface area contributed by atoms with E-state index < -0.39 is 0 Å². The van der Waals surface area contributed by atoms with E-state index in [9.17, 15) is 4.79 Å². The zero-order valence-electron chi connectivity index (χ0n) is 12.0. The van der Waals surface area contributed by atoms with Gasteiger partial charge in [0.05, 0.1) is 0 Å². The van der Waals surface area contributed by atoms with Crippen molar-refractivity contribution in [3.8, 4) is 0 Å². The maximum atomic E-state index is 12.1. The molecule has 1 aliphatic heterocycles. The highest BCUT2D eigenvalue weighted by Crippen LogP contribution is 2.32. The summed E-state index contributed by atoms with van der Waals surface area (Å²) in [7, 11) is 0. The average Bonchev–Trinajstić information content (AvgIpc) is 3.28. The van der Waals surface area contributed by atoms with Crippen LogP contribution >= 0.6 is 0 Å². The highest BCUT2D eigenvalue weighted by Gasteiger charge is 2.36. The number of hydrogen-bond acceptors (Lipinski definition) is 5. The van der Waals surface area contributed by atoms with Crippen molar-refractivity contribution in [3.63, 3.8) is 0 Å². The number of benzene rings is 1. The van der Waals surface area contributed by atoms with Crippen LogP contribution in [0, 0.1) is 0 Å². The third-order valence-corrected chi connectivity index (χ3v) is 3.86. The molecular formula is C16H16N4O2. The van der Waals surface area contributed by atoms with Gasteiger partial charge in [0.1, 0.15) is 18.5 Å². The Bertz CT molecular complexity index is 688. The van der Waals surface area contributed by atoms with Gasteiger partial charge in [0, 0.05) is 12.2 Å². The monoisotopic (exact) mass is 296 g/mol. The standard InChI is InChI=1S/C16H16N4O2/c21-16-20(13(10-22-16)11-4-2-1-3-5-11)14-8-9-17-15(19-14)18-12-6-7-12/h1-5,8-9,12-13H,6-7,10H2,(H,17,18,19)/t13-/m1/s1. The van der Waals surface area contributed by atoms with Crippen LogP contribution in [-0.4, -0.2) is 28.7 Å². The first kappa shape index (κ1) is 13.1. The normalized spacial score (nSPS) is 20.8. The SMILES string of the molecule is O=C1OC[C@H](c2ccccc2)N1c1ccnc(NC2CC2)n1. The molecule has 1 amide bonds. The molecule has 0 radical (unpaired) electrons. The summed E-state index contributed by atoms with van der Waals surface area (Å²) >= 11 is 0. The van der Waals surface area contributed by atoms with E-state index in [2.05, 4.69) is 15.3 Å². The van der Waals surface area contributed by atoms with E-state index in [1.54, 1.807) is 17.2 Å². The number of carbonyl (C=O) groups excluding carboxylic acids is 1. The van der Waals surface area contributed by atoms with Crippen molar-refractivity contribution in [2.45, 2.75) is 24.9 Å². The molecule has 2 aromatic rings. The molecule has 2 fully saturated rings. The summed E-state index contributed by atoms with van der Waals surface area (Å²) in [6.07, 6.45) is 3.59. The molecule has 2 heterocycles. The number of carbonyl (C=O) groups is 1. The second-order valence-corrected chi connectivity index (χ2v) is 5.53. The first-order chi connectivity index (χ1) is 10.8. The van der Waals surface area contributed by atoms with Crippen LogP contribution in [-0.2, 0) is 4.74 Å².